The SMILES string of the molecule is c1ccc(OCCN2CCN(Cc3cnc[nH]3)CC2)cc1. The lowest BCUT2D eigenvalue weighted by Gasteiger charge is -2.34. The molecule has 1 aromatic heterocycles. The Kier molecular flexibility index (Phi) is 4.86. The van der Waals surface area contributed by atoms with Crippen molar-refractivity contribution in [1.82, 2.24) is 19.8 Å². The highest BCUT2D eigenvalue weighted by Crippen LogP contribution is 2.09. The zero-order chi connectivity index (χ0) is 14.3. The molecule has 5 nitrogen and oxygen atoms in total. The van der Waals surface area contributed by atoms with E-state index in [0.29, 0.717) is 0 Å². The number of benzene rings is 1. The molecule has 1 fully saturated rings. The molecule has 1 aliphatic rings. The number of nitrogens with zero attached hydrogens (tertiary/aromatic N) is 3. The summed E-state index contributed by atoms with van der Waals surface area (Å²) in [6.07, 6.45) is 3.65. The van der Waals surface area contributed by atoms with Crippen molar-refractivity contribution in [2.45, 2.75) is 6.54 Å². The maximum absolute atomic E-state index is 5.75. The maximum Gasteiger partial charge on any atom is 0.119 e. The molecule has 1 aromatic carbocycles. The van der Waals surface area contributed by atoms with Crippen LogP contribution in [0.5, 0.6) is 5.75 Å². The molecule has 5 heteroatoms. The van der Waals surface area contributed by atoms with Gasteiger partial charge in [0.05, 0.1) is 6.33 Å². The average molecular weight is 286 g/mol. The Balaban J connectivity index is 1.34. The molecule has 1 aliphatic heterocycles. The van der Waals surface area contributed by atoms with E-state index in [0.717, 1.165) is 51.6 Å². The van der Waals surface area contributed by atoms with Crippen molar-refractivity contribution in [3.63, 3.8) is 0 Å². The van der Waals surface area contributed by atoms with Gasteiger partial charge in [-0.3, -0.25) is 9.80 Å². The van der Waals surface area contributed by atoms with Crippen LogP contribution in [0.4, 0.5) is 0 Å². The fourth-order valence-corrected chi connectivity index (χ4v) is 2.59. The molecule has 0 amide bonds. The summed E-state index contributed by atoms with van der Waals surface area (Å²) in [6, 6.07) is 10.0. The molecule has 0 bridgehead atoms. The molecule has 112 valence electrons. The summed E-state index contributed by atoms with van der Waals surface area (Å²) in [5.74, 6) is 0.954. The van der Waals surface area contributed by atoms with Gasteiger partial charge >= 0.3 is 0 Å². The molecule has 0 atom stereocenters. The second-order valence-electron chi connectivity index (χ2n) is 5.36. The predicted molar refractivity (Wildman–Crippen MR) is 82.2 cm³/mol. The zero-order valence-electron chi connectivity index (χ0n) is 12.2. The van der Waals surface area contributed by atoms with Crippen molar-refractivity contribution in [1.29, 1.82) is 0 Å². The number of ether oxygens (including phenoxy) is 1. The Morgan fingerprint density at radius 2 is 1.81 bits per heavy atom. The van der Waals surface area contributed by atoms with Crippen molar-refractivity contribution < 1.29 is 4.74 Å². The summed E-state index contributed by atoms with van der Waals surface area (Å²) < 4.78 is 5.75. The molecular weight excluding hydrogens is 264 g/mol. The fourth-order valence-electron chi connectivity index (χ4n) is 2.59. The van der Waals surface area contributed by atoms with Crippen LogP contribution < -0.4 is 4.74 Å². The molecule has 0 saturated carbocycles. The average Bonchev–Trinajstić information content (AvgIpc) is 3.03. The van der Waals surface area contributed by atoms with E-state index in [9.17, 15) is 0 Å². The van der Waals surface area contributed by atoms with Crippen LogP contribution in [0.15, 0.2) is 42.9 Å². The monoisotopic (exact) mass is 286 g/mol. The third-order valence-electron chi connectivity index (χ3n) is 3.83. The Bertz CT molecular complexity index is 506. The summed E-state index contributed by atoms with van der Waals surface area (Å²) in [5, 5.41) is 0. The normalized spacial score (nSPS) is 17.0. The van der Waals surface area contributed by atoms with Gasteiger partial charge in [-0.15, -0.1) is 0 Å². The molecule has 0 unspecified atom stereocenters. The lowest BCUT2D eigenvalue weighted by atomic mass is 10.3. The number of aromatic nitrogens is 2. The quantitative estimate of drug-likeness (QED) is 0.876. The highest BCUT2D eigenvalue weighted by Gasteiger charge is 2.16. The second kappa shape index (κ2) is 7.24. The van der Waals surface area contributed by atoms with Crippen LogP contribution in [0.25, 0.3) is 0 Å². The second-order valence-corrected chi connectivity index (χ2v) is 5.36. The van der Waals surface area contributed by atoms with Gasteiger partial charge in [-0.1, -0.05) is 18.2 Å². The van der Waals surface area contributed by atoms with Crippen LogP contribution in [0, 0.1) is 0 Å². The Morgan fingerprint density at radius 1 is 1.05 bits per heavy atom. The molecule has 0 aliphatic carbocycles. The van der Waals surface area contributed by atoms with E-state index in [2.05, 4.69) is 19.8 Å². The highest BCUT2D eigenvalue weighted by molar-refractivity contribution is 5.20. The fraction of sp³-hybridized carbons (Fsp3) is 0.438. The zero-order valence-corrected chi connectivity index (χ0v) is 12.2. The number of hydrogen-bond acceptors (Lipinski definition) is 4. The molecule has 3 rings (SSSR count). The number of rotatable bonds is 6. The number of H-pyrrole nitrogens is 1. The standard InChI is InChI=1S/C16H22N4O/c1-2-4-16(5-3-1)21-11-10-19-6-8-20(9-7-19)13-15-12-17-14-18-15/h1-5,12,14H,6-11,13H2,(H,17,18). The Morgan fingerprint density at radius 3 is 2.52 bits per heavy atom. The molecule has 1 saturated heterocycles. The smallest absolute Gasteiger partial charge is 0.119 e. The topological polar surface area (TPSA) is 44.4 Å². The third-order valence-corrected chi connectivity index (χ3v) is 3.83. The number of piperazine rings is 1. The van der Waals surface area contributed by atoms with E-state index in [4.69, 9.17) is 4.74 Å². The van der Waals surface area contributed by atoms with E-state index in [-0.39, 0.29) is 0 Å². The number of nitrogens with one attached hydrogen (secondary N) is 1. The van der Waals surface area contributed by atoms with E-state index in [1.165, 1.54) is 5.69 Å². The van der Waals surface area contributed by atoms with Gasteiger partial charge in [0.2, 0.25) is 0 Å². The molecule has 21 heavy (non-hydrogen) atoms. The number of aromatic amines is 1. The summed E-state index contributed by atoms with van der Waals surface area (Å²) in [4.78, 5) is 12.1. The van der Waals surface area contributed by atoms with Crippen molar-refractivity contribution in [3.05, 3.63) is 48.5 Å². The van der Waals surface area contributed by atoms with Gasteiger partial charge in [-0.2, -0.15) is 0 Å². The van der Waals surface area contributed by atoms with Gasteiger partial charge in [0.1, 0.15) is 12.4 Å². The van der Waals surface area contributed by atoms with Crippen molar-refractivity contribution >= 4 is 0 Å². The van der Waals surface area contributed by atoms with E-state index in [1.807, 2.05) is 36.5 Å². The van der Waals surface area contributed by atoms with Gasteiger partial charge in [0.25, 0.3) is 0 Å². The van der Waals surface area contributed by atoms with Gasteiger partial charge in [-0.25, -0.2) is 4.98 Å². The summed E-state index contributed by atoms with van der Waals surface area (Å²) >= 11 is 0. The van der Waals surface area contributed by atoms with Crippen molar-refractivity contribution in [2.24, 2.45) is 0 Å². The Hall–Kier alpha value is -1.85. The molecule has 0 radical (unpaired) electrons. The molecule has 1 N–H and O–H groups in total. The van der Waals surface area contributed by atoms with E-state index >= 15 is 0 Å². The Labute approximate surface area is 125 Å². The molecule has 2 aromatic rings. The predicted octanol–water partition coefficient (Wildman–Crippen LogP) is 1.61. The maximum atomic E-state index is 5.75. The third kappa shape index (κ3) is 4.31. The van der Waals surface area contributed by atoms with Crippen molar-refractivity contribution in [3.8, 4) is 5.75 Å². The number of para-hydroxylation sites is 1. The largest absolute Gasteiger partial charge is 0.492 e. The van der Waals surface area contributed by atoms with Gasteiger partial charge in [0, 0.05) is 51.2 Å². The minimum atomic E-state index is 0.755. The van der Waals surface area contributed by atoms with Crippen LogP contribution >= 0.6 is 0 Å². The van der Waals surface area contributed by atoms with E-state index < -0.39 is 0 Å². The number of hydrogen-bond donors (Lipinski definition) is 1. The minimum Gasteiger partial charge on any atom is -0.492 e. The first-order valence-corrected chi connectivity index (χ1v) is 7.50. The van der Waals surface area contributed by atoms with E-state index in [1.54, 1.807) is 6.33 Å². The van der Waals surface area contributed by atoms with Crippen LogP contribution in [0.3, 0.4) is 0 Å². The van der Waals surface area contributed by atoms with Crippen molar-refractivity contribution in [2.75, 3.05) is 39.3 Å². The van der Waals surface area contributed by atoms with Gasteiger partial charge < -0.3 is 9.72 Å². The van der Waals surface area contributed by atoms with Crippen LogP contribution in [-0.4, -0.2) is 59.1 Å². The van der Waals surface area contributed by atoms with Gasteiger partial charge in [-0.05, 0) is 12.1 Å². The molecule has 2 heterocycles. The summed E-state index contributed by atoms with van der Waals surface area (Å²) in [6.45, 7) is 7.12. The molecule has 0 spiro atoms. The van der Waals surface area contributed by atoms with Crippen LogP contribution in [-0.2, 0) is 6.54 Å². The molecular formula is C16H22N4O. The first-order valence-electron chi connectivity index (χ1n) is 7.50. The lowest BCUT2D eigenvalue weighted by molar-refractivity contribution is 0.112. The minimum absolute atomic E-state index is 0.755. The summed E-state index contributed by atoms with van der Waals surface area (Å²) in [7, 11) is 0. The first kappa shape index (κ1) is 14.1. The highest BCUT2D eigenvalue weighted by atomic mass is 16.5. The van der Waals surface area contributed by atoms with Crippen LogP contribution in [0.2, 0.25) is 0 Å². The van der Waals surface area contributed by atoms with Crippen LogP contribution in [0.1, 0.15) is 5.69 Å². The summed E-state index contributed by atoms with van der Waals surface area (Å²) in [5.41, 5.74) is 1.19. The lowest BCUT2D eigenvalue weighted by Crippen LogP contribution is -2.47. The van der Waals surface area contributed by atoms with Gasteiger partial charge in [0.15, 0.2) is 0 Å². The first-order chi connectivity index (χ1) is 10.4. The number of imidazole rings is 1.